The highest BCUT2D eigenvalue weighted by Crippen LogP contribution is 2.30. The minimum atomic E-state index is -3.61. The van der Waals surface area contributed by atoms with Gasteiger partial charge in [-0.15, -0.1) is 0 Å². The number of nitrogens with two attached hydrogens (primary N) is 1. The largest absolute Gasteiger partial charge is 0.444 e. The minimum absolute atomic E-state index is 0.0275. The topological polar surface area (TPSA) is 102 Å². The number of amides is 1. The molecule has 1 amide bonds. The SMILES string of the molecule is CC(C)(C)OC(=O)NC1CN(c2ccc(N)c(CS(=O)(=O)c3cccc4ccccc34)c2)C1. The number of anilines is 2. The Morgan fingerprint density at radius 2 is 1.79 bits per heavy atom. The number of hydrogen-bond donors (Lipinski definition) is 2. The number of rotatable bonds is 5. The lowest BCUT2D eigenvalue weighted by molar-refractivity contribution is 0.0496. The number of sulfone groups is 1. The number of benzene rings is 3. The fraction of sp³-hybridized carbons (Fsp3) is 0.320. The molecule has 0 atom stereocenters. The van der Waals surface area contributed by atoms with E-state index in [4.69, 9.17) is 10.5 Å². The van der Waals surface area contributed by atoms with Gasteiger partial charge in [-0.25, -0.2) is 13.2 Å². The van der Waals surface area contributed by atoms with E-state index in [1.165, 1.54) is 0 Å². The maximum absolute atomic E-state index is 13.3. The van der Waals surface area contributed by atoms with Gasteiger partial charge in [0, 0.05) is 29.9 Å². The van der Waals surface area contributed by atoms with Gasteiger partial charge in [0.2, 0.25) is 0 Å². The third-order valence-corrected chi connectivity index (χ3v) is 7.24. The molecule has 1 fully saturated rings. The molecular formula is C25H29N3O4S. The monoisotopic (exact) mass is 467 g/mol. The number of carbonyl (C=O) groups excluding carboxylic acids is 1. The maximum Gasteiger partial charge on any atom is 0.407 e. The summed E-state index contributed by atoms with van der Waals surface area (Å²) in [5.41, 5.74) is 7.46. The molecule has 3 aromatic carbocycles. The van der Waals surface area contributed by atoms with E-state index in [0.717, 1.165) is 11.1 Å². The number of ether oxygens (including phenoxy) is 1. The van der Waals surface area contributed by atoms with Crippen molar-refractivity contribution in [2.75, 3.05) is 23.7 Å². The number of nitrogen functional groups attached to an aromatic ring is 1. The lowest BCUT2D eigenvalue weighted by atomic mass is 10.1. The first-order valence-corrected chi connectivity index (χ1v) is 12.5. The van der Waals surface area contributed by atoms with Gasteiger partial charge in [-0.05, 0) is 56.0 Å². The molecule has 1 aliphatic heterocycles. The van der Waals surface area contributed by atoms with Gasteiger partial charge in [-0.3, -0.25) is 0 Å². The van der Waals surface area contributed by atoms with Crippen LogP contribution in [-0.4, -0.2) is 39.2 Å². The summed E-state index contributed by atoms with van der Waals surface area (Å²) in [6.07, 6.45) is -0.439. The van der Waals surface area contributed by atoms with Crippen LogP contribution in [-0.2, 0) is 20.3 Å². The molecule has 0 bridgehead atoms. The molecule has 0 aromatic heterocycles. The average Bonchev–Trinajstić information content (AvgIpc) is 2.70. The van der Waals surface area contributed by atoms with Crippen molar-refractivity contribution in [2.24, 2.45) is 0 Å². The van der Waals surface area contributed by atoms with Gasteiger partial charge >= 0.3 is 6.09 Å². The highest BCUT2D eigenvalue weighted by molar-refractivity contribution is 7.90. The van der Waals surface area contributed by atoms with E-state index in [-0.39, 0.29) is 11.8 Å². The number of hydrogen-bond acceptors (Lipinski definition) is 6. The normalized spacial score (nSPS) is 14.7. The number of alkyl carbamates (subject to hydrolysis) is 1. The Kier molecular flexibility index (Phi) is 5.97. The second kappa shape index (κ2) is 8.59. The lowest BCUT2D eigenvalue weighted by Gasteiger charge is -2.41. The van der Waals surface area contributed by atoms with Crippen LogP contribution in [0.15, 0.2) is 65.6 Å². The third-order valence-electron chi connectivity index (χ3n) is 5.52. The van der Waals surface area contributed by atoms with Crippen molar-refractivity contribution in [3.8, 4) is 0 Å². The van der Waals surface area contributed by atoms with Crippen LogP contribution in [0, 0.1) is 0 Å². The predicted molar refractivity (Wildman–Crippen MR) is 131 cm³/mol. The summed E-state index contributed by atoms with van der Waals surface area (Å²) in [6, 6.07) is 18.1. The Labute approximate surface area is 194 Å². The molecule has 174 valence electrons. The molecule has 0 saturated carbocycles. The molecule has 7 nitrogen and oxygen atoms in total. The smallest absolute Gasteiger partial charge is 0.407 e. The molecule has 0 spiro atoms. The minimum Gasteiger partial charge on any atom is -0.444 e. The second-order valence-electron chi connectivity index (χ2n) is 9.37. The van der Waals surface area contributed by atoms with Gasteiger partial charge < -0.3 is 20.7 Å². The first-order valence-electron chi connectivity index (χ1n) is 10.9. The van der Waals surface area contributed by atoms with Gasteiger partial charge in [-0.1, -0.05) is 36.4 Å². The predicted octanol–water partition coefficient (Wildman–Crippen LogP) is 4.11. The number of fused-ring (bicyclic) bond motifs is 1. The zero-order chi connectivity index (χ0) is 23.8. The fourth-order valence-electron chi connectivity index (χ4n) is 3.92. The highest BCUT2D eigenvalue weighted by atomic mass is 32.2. The van der Waals surface area contributed by atoms with Crippen molar-refractivity contribution >= 4 is 38.1 Å². The first-order chi connectivity index (χ1) is 15.5. The molecule has 0 unspecified atom stereocenters. The Balaban J connectivity index is 1.48. The van der Waals surface area contributed by atoms with Crippen molar-refractivity contribution in [1.29, 1.82) is 0 Å². The van der Waals surface area contributed by atoms with Crippen LogP contribution in [0.4, 0.5) is 16.2 Å². The lowest BCUT2D eigenvalue weighted by Crippen LogP contribution is -2.60. The Hall–Kier alpha value is -3.26. The Morgan fingerprint density at radius 1 is 1.09 bits per heavy atom. The molecule has 4 rings (SSSR count). The maximum atomic E-state index is 13.3. The average molecular weight is 468 g/mol. The van der Waals surface area contributed by atoms with Crippen LogP contribution >= 0.6 is 0 Å². The van der Waals surface area contributed by atoms with Crippen molar-refractivity contribution < 1.29 is 17.9 Å². The van der Waals surface area contributed by atoms with Crippen molar-refractivity contribution in [3.63, 3.8) is 0 Å². The summed E-state index contributed by atoms with van der Waals surface area (Å²) in [4.78, 5) is 14.3. The second-order valence-corrected chi connectivity index (χ2v) is 11.3. The molecule has 0 aliphatic carbocycles. The molecule has 1 aliphatic rings. The molecule has 3 N–H and O–H groups in total. The number of carbonyl (C=O) groups is 1. The molecule has 1 saturated heterocycles. The van der Waals surface area contributed by atoms with E-state index in [2.05, 4.69) is 10.2 Å². The summed E-state index contributed by atoms with van der Waals surface area (Å²) >= 11 is 0. The van der Waals surface area contributed by atoms with Crippen molar-refractivity contribution in [3.05, 3.63) is 66.2 Å². The van der Waals surface area contributed by atoms with Crippen LogP contribution in [0.1, 0.15) is 26.3 Å². The van der Waals surface area contributed by atoms with Gasteiger partial charge in [0.1, 0.15) is 5.60 Å². The summed E-state index contributed by atoms with van der Waals surface area (Å²) in [6.45, 7) is 6.68. The Morgan fingerprint density at radius 3 is 2.52 bits per heavy atom. The van der Waals surface area contributed by atoms with E-state index in [1.54, 1.807) is 18.2 Å². The van der Waals surface area contributed by atoms with E-state index in [0.29, 0.717) is 34.6 Å². The van der Waals surface area contributed by atoms with E-state index < -0.39 is 21.5 Å². The van der Waals surface area contributed by atoms with Gasteiger partial charge in [0.05, 0.1) is 16.7 Å². The molecule has 0 radical (unpaired) electrons. The van der Waals surface area contributed by atoms with Crippen molar-refractivity contribution in [2.45, 2.75) is 43.1 Å². The quantitative estimate of drug-likeness (QED) is 0.548. The van der Waals surface area contributed by atoms with Crippen LogP contribution in [0.2, 0.25) is 0 Å². The third kappa shape index (κ3) is 5.22. The summed E-state index contributed by atoms with van der Waals surface area (Å²) in [7, 11) is -3.61. The number of nitrogens with zero attached hydrogens (tertiary/aromatic N) is 1. The Bertz CT molecular complexity index is 1290. The fourth-order valence-corrected chi connectivity index (χ4v) is 5.54. The standard InChI is InChI=1S/C25H29N3O4S/c1-25(2,3)32-24(29)27-19-14-28(15-19)20-11-12-22(26)18(13-20)16-33(30,31)23-10-6-8-17-7-4-5-9-21(17)23/h4-13,19H,14-16,26H2,1-3H3,(H,27,29). The van der Waals surface area contributed by atoms with E-state index in [1.807, 2.05) is 63.2 Å². The van der Waals surface area contributed by atoms with Gasteiger partial charge in [-0.2, -0.15) is 0 Å². The van der Waals surface area contributed by atoms with Crippen LogP contribution < -0.4 is 16.0 Å². The summed E-state index contributed by atoms with van der Waals surface area (Å²) in [5.74, 6) is -0.186. The molecule has 3 aromatic rings. The van der Waals surface area contributed by atoms with Gasteiger partial charge in [0.15, 0.2) is 9.84 Å². The zero-order valence-electron chi connectivity index (χ0n) is 19.0. The summed E-state index contributed by atoms with van der Waals surface area (Å²) < 4.78 is 31.9. The molecule has 33 heavy (non-hydrogen) atoms. The van der Waals surface area contributed by atoms with Crippen molar-refractivity contribution in [1.82, 2.24) is 5.32 Å². The number of nitrogens with one attached hydrogen (secondary N) is 1. The molecular weight excluding hydrogens is 438 g/mol. The molecule has 1 heterocycles. The molecule has 8 heteroatoms. The van der Waals surface area contributed by atoms with E-state index >= 15 is 0 Å². The summed E-state index contributed by atoms with van der Waals surface area (Å²) in [5, 5.41) is 4.43. The van der Waals surface area contributed by atoms with Crippen LogP contribution in [0.5, 0.6) is 0 Å². The zero-order valence-corrected chi connectivity index (χ0v) is 19.9. The van der Waals surface area contributed by atoms with Crippen LogP contribution in [0.25, 0.3) is 10.8 Å². The first kappa shape index (κ1) is 22.9. The van der Waals surface area contributed by atoms with Gasteiger partial charge in [0.25, 0.3) is 0 Å². The van der Waals surface area contributed by atoms with Crippen LogP contribution in [0.3, 0.4) is 0 Å². The highest BCUT2D eigenvalue weighted by Gasteiger charge is 2.30. The van der Waals surface area contributed by atoms with E-state index in [9.17, 15) is 13.2 Å².